The third-order valence-electron chi connectivity index (χ3n) is 5.98. The highest BCUT2D eigenvalue weighted by Gasteiger charge is 2.18. The van der Waals surface area contributed by atoms with Gasteiger partial charge in [0.15, 0.2) is 11.5 Å². The number of pyridine rings is 1. The van der Waals surface area contributed by atoms with Crippen LogP contribution in [0.1, 0.15) is 5.56 Å². The van der Waals surface area contributed by atoms with E-state index in [9.17, 15) is 8.42 Å². The molecule has 9 heteroatoms. The molecule has 0 aliphatic carbocycles. The van der Waals surface area contributed by atoms with Crippen LogP contribution < -0.4 is 23.7 Å². The summed E-state index contributed by atoms with van der Waals surface area (Å²) in [5.74, 6) is 3.23. The molecule has 0 spiro atoms. The quantitative estimate of drug-likeness (QED) is 0.215. The van der Waals surface area contributed by atoms with Gasteiger partial charge in [-0.25, -0.2) is 8.42 Å². The molecule has 0 aliphatic heterocycles. The molecule has 1 heterocycles. The van der Waals surface area contributed by atoms with E-state index in [1.807, 2.05) is 24.3 Å². The molecule has 8 nitrogen and oxygen atoms in total. The summed E-state index contributed by atoms with van der Waals surface area (Å²) < 4.78 is 51.8. The maximum atomic E-state index is 13.2. The number of para-hydroxylation sites is 1. The molecule has 0 aliphatic rings. The Morgan fingerprint density at radius 1 is 0.718 bits per heavy atom. The zero-order chi connectivity index (χ0) is 27.4. The molecule has 0 bridgehead atoms. The predicted octanol–water partition coefficient (Wildman–Crippen LogP) is 6.95. The number of anilines is 1. The van der Waals surface area contributed by atoms with Gasteiger partial charge < -0.3 is 18.9 Å². The largest absolute Gasteiger partial charge is 0.493 e. The van der Waals surface area contributed by atoms with Gasteiger partial charge in [-0.05, 0) is 73.2 Å². The van der Waals surface area contributed by atoms with Crippen molar-refractivity contribution in [1.29, 1.82) is 0 Å². The third kappa shape index (κ3) is 5.58. The lowest BCUT2D eigenvalue weighted by Crippen LogP contribution is -2.13. The van der Waals surface area contributed by atoms with Gasteiger partial charge in [0, 0.05) is 17.6 Å². The Balaban J connectivity index is 1.36. The predicted molar refractivity (Wildman–Crippen MR) is 150 cm³/mol. The highest BCUT2D eigenvalue weighted by molar-refractivity contribution is 7.92. The SMILES string of the molecule is COc1ccc2c(Oc3ccc(NS(=O)(=O)c4cccc(Oc5ccccc5)c4)c(C)c3)ccnc2c1OC. The number of methoxy groups -OCH3 is 2. The van der Waals surface area contributed by atoms with Crippen molar-refractivity contribution in [1.82, 2.24) is 4.98 Å². The van der Waals surface area contributed by atoms with Gasteiger partial charge in [-0.2, -0.15) is 0 Å². The Bertz CT molecular complexity index is 1740. The first-order valence-electron chi connectivity index (χ1n) is 12.0. The molecule has 39 heavy (non-hydrogen) atoms. The monoisotopic (exact) mass is 542 g/mol. The Labute approximate surface area is 226 Å². The van der Waals surface area contributed by atoms with Crippen LogP contribution in [0.25, 0.3) is 10.9 Å². The molecule has 0 saturated carbocycles. The molecule has 1 N–H and O–H groups in total. The minimum atomic E-state index is -3.87. The average molecular weight is 543 g/mol. The highest BCUT2D eigenvalue weighted by atomic mass is 32.2. The Kier molecular flexibility index (Phi) is 7.25. The fourth-order valence-corrected chi connectivity index (χ4v) is 5.24. The second-order valence-electron chi connectivity index (χ2n) is 8.58. The van der Waals surface area contributed by atoms with E-state index in [-0.39, 0.29) is 4.90 Å². The van der Waals surface area contributed by atoms with Crippen molar-refractivity contribution < 1.29 is 27.4 Å². The van der Waals surface area contributed by atoms with E-state index in [0.29, 0.717) is 51.3 Å². The van der Waals surface area contributed by atoms with Crippen molar-refractivity contribution in [3.63, 3.8) is 0 Å². The first kappa shape index (κ1) is 25.9. The molecule has 0 radical (unpaired) electrons. The number of fused-ring (bicyclic) bond motifs is 1. The summed E-state index contributed by atoms with van der Waals surface area (Å²) in [6.07, 6.45) is 1.63. The van der Waals surface area contributed by atoms with Gasteiger partial charge in [0.2, 0.25) is 0 Å². The van der Waals surface area contributed by atoms with Crippen molar-refractivity contribution in [3.8, 4) is 34.5 Å². The van der Waals surface area contributed by atoms with Gasteiger partial charge in [0.1, 0.15) is 28.5 Å². The molecule has 0 atom stereocenters. The lowest BCUT2D eigenvalue weighted by atomic mass is 10.1. The van der Waals surface area contributed by atoms with E-state index in [2.05, 4.69) is 9.71 Å². The zero-order valence-corrected chi connectivity index (χ0v) is 22.4. The van der Waals surface area contributed by atoms with E-state index in [4.69, 9.17) is 18.9 Å². The second-order valence-corrected chi connectivity index (χ2v) is 10.3. The number of benzene rings is 4. The Hall–Kier alpha value is -4.76. The third-order valence-corrected chi connectivity index (χ3v) is 7.34. The topological polar surface area (TPSA) is 96.0 Å². The summed E-state index contributed by atoms with van der Waals surface area (Å²) in [6, 6.07) is 26.0. The van der Waals surface area contributed by atoms with Crippen LogP contribution in [0.4, 0.5) is 5.69 Å². The highest BCUT2D eigenvalue weighted by Crippen LogP contribution is 2.39. The van der Waals surface area contributed by atoms with Crippen LogP contribution in [0.3, 0.4) is 0 Å². The van der Waals surface area contributed by atoms with Gasteiger partial charge in [0.05, 0.1) is 24.8 Å². The van der Waals surface area contributed by atoms with Crippen LogP contribution in [0.15, 0.2) is 102 Å². The lowest BCUT2D eigenvalue weighted by molar-refractivity contribution is 0.358. The number of nitrogens with zero attached hydrogens (tertiary/aromatic N) is 1. The van der Waals surface area contributed by atoms with Crippen molar-refractivity contribution >= 4 is 26.6 Å². The fraction of sp³-hybridized carbons (Fsp3) is 0.100. The van der Waals surface area contributed by atoms with Crippen LogP contribution >= 0.6 is 0 Å². The smallest absolute Gasteiger partial charge is 0.262 e. The number of ether oxygens (including phenoxy) is 4. The van der Waals surface area contributed by atoms with Crippen LogP contribution in [0, 0.1) is 6.92 Å². The number of rotatable bonds is 9. The maximum Gasteiger partial charge on any atom is 0.262 e. The first-order chi connectivity index (χ1) is 18.9. The zero-order valence-electron chi connectivity index (χ0n) is 21.5. The van der Waals surface area contributed by atoms with E-state index >= 15 is 0 Å². The van der Waals surface area contributed by atoms with E-state index < -0.39 is 10.0 Å². The number of sulfonamides is 1. The second kappa shape index (κ2) is 10.9. The molecule has 0 fully saturated rings. The molecular formula is C30H26N2O6S. The summed E-state index contributed by atoms with van der Waals surface area (Å²) in [7, 11) is -0.745. The summed E-state index contributed by atoms with van der Waals surface area (Å²) in [6.45, 7) is 1.80. The van der Waals surface area contributed by atoms with Gasteiger partial charge in [-0.3, -0.25) is 9.71 Å². The Morgan fingerprint density at radius 3 is 2.23 bits per heavy atom. The van der Waals surface area contributed by atoms with Gasteiger partial charge >= 0.3 is 0 Å². The number of aryl methyl sites for hydroxylation is 1. The number of hydrogen-bond acceptors (Lipinski definition) is 7. The number of nitrogens with one attached hydrogen (secondary N) is 1. The molecule has 1 aromatic heterocycles. The fourth-order valence-electron chi connectivity index (χ4n) is 4.07. The summed E-state index contributed by atoms with van der Waals surface area (Å²) in [5.41, 5.74) is 1.72. The molecule has 0 amide bonds. The molecule has 198 valence electrons. The molecule has 0 saturated heterocycles. The molecule has 5 rings (SSSR count). The number of hydrogen-bond donors (Lipinski definition) is 1. The minimum Gasteiger partial charge on any atom is -0.493 e. The van der Waals surface area contributed by atoms with Crippen LogP contribution in [0.5, 0.6) is 34.5 Å². The van der Waals surface area contributed by atoms with E-state index in [1.54, 1.807) is 81.9 Å². The first-order valence-corrected chi connectivity index (χ1v) is 13.5. The lowest BCUT2D eigenvalue weighted by Gasteiger charge is -2.15. The molecule has 5 aromatic rings. The number of aromatic nitrogens is 1. The Morgan fingerprint density at radius 2 is 1.49 bits per heavy atom. The minimum absolute atomic E-state index is 0.0864. The summed E-state index contributed by atoms with van der Waals surface area (Å²) >= 11 is 0. The van der Waals surface area contributed by atoms with Crippen LogP contribution in [0.2, 0.25) is 0 Å². The van der Waals surface area contributed by atoms with Crippen molar-refractivity contribution in [3.05, 3.63) is 103 Å². The van der Waals surface area contributed by atoms with Crippen molar-refractivity contribution in [2.45, 2.75) is 11.8 Å². The van der Waals surface area contributed by atoms with Crippen LogP contribution in [-0.2, 0) is 10.0 Å². The summed E-state index contributed by atoms with van der Waals surface area (Å²) in [5, 5.41) is 0.746. The van der Waals surface area contributed by atoms with Crippen LogP contribution in [-0.4, -0.2) is 27.6 Å². The van der Waals surface area contributed by atoms with Gasteiger partial charge in [0.25, 0.3) is 10.0 Å². The van der Waals surface area contributed by atoms with Crippen molar-refractivity contribution in [2.75, 3.05) is 18.9 Å². The van der Waals surface area contributed by atoms with Gasteiger partial charge in [-0.1, -0.05) is 24.3 Å². The van der Waals surface area contributed by atoms with E-state index in [0.717, 1.165) is 5.39 Å². The normalized spacial score (nSPS) is 11.2. The maximum absolute atomic E-state index is 13.2. The van der Waals surface area contributed by atoms with Crippen molar-refractivity contribution in [2.24, 2.45) is 0 Å². The molecule has 0 unspecified atom stereocenters. The van der Waals surface area contributed by atoms with E-state index in [1.165, 1.54) is 12.1 Å². The molecule has 4 aromatic carbocycles. The van der Waals surface area contributed by atoms with Gasteiger partial charge in [-0.15, -0.1) is 0 Å². The standard InChI is InChI=1S/C30H26N2O6S/c1-20-18-23(38-27-16-17-31-29-25(27)13-15-28(35-2)30(29)36-3)12-14-26(20)32-39(33,34)24-11-7-10-22(19-24)37-21-8-5-4-6-9-21/h4-19,32H,1-3H3. The molecular weight excluding hydrogens is 516 g/mol. The summed E-state index contributed by atoms with van der Waals surface area (Å²) in [4.78, 5) is 4.51. The average Bonchev–Trinajstić information content (AvgIpc) is 2.94.